The zero-order chi connectivity index (χ0) is 10.6. The molecule has 3 nitrogen and oxygen atoms in total. The third kappa shape index (κ3) is 4.62. The van der Waals surface area contributed by atoms with Gasteiger partial charge in [0.05, 0.1) is 18.5 Å². The molecule has 1 saturated carbocycles. The molecule has 0 heterocycles. The van der Waals surface area contributed by atoms with E-state index in [2.05, 4.69) is 6.92 Å². The summed E-state index contributed by atoms with van der Waals surface area (Å²) in [5.74, 6) is 0.458. The van der Waals surface area contributed by atoms with Gasteiger partial charge in [-0.1, -0.05) is 19.8 Å². The van der Waals surface area contributed by atoms with Crippen molar-refractivity contribution in [2.24, 2.45) is 5.92 Å². The van der Waals surface area contributed by atoms with E-state index >= 15 is 0 Å². The maximum absolute atomic E-state index is 10.6. The van der Waals surface area contributed by atoms with Gasteiger partial charge in [0, 0.05) is 10.7 Å². The van der Waals surface area contributed by atoms with Crippen LogP contribution in [-0.4, -0.2) is 26.9 Å². The van der Waals surface area contributed by atoms with E-state index in [0.717, 1.165) is 6.42 Å². The standard InChI is InChI=1S/C9H17ClO3S/c1-8-4-2-3-5-9(8)13-6-7-14(10,11)12/h8-9H,2-7H2,1H3. The first-order chi connectivity index (χ1) is 6.49. The summed E-state index contributed by atoms with van der Waals surface area (Å²) in [6.45, 7) is 2.37. The third-order valence-electron chi connectivity index (χ3n) is 2.69. The molecular formula is C9H17ClO3S. The molecular weight excluding hydrogens is 224 g/mol. The van der Waals surface area contributed by atoms with Gasteiger partial charge in [0.15, 0.2) is 0 Å². The fourth-order valence-electron chi connectivity index (χ4n) is 1.83. The molecule has 2 unspecified atom stereocenters. The predicted octanol–water partition coefficient (Wildman–Crippen LogP) is 2.15. The van der Waals surface area contributed by atoms with E-state index in [1.807, 2.05) is 0 Å². The largest absolute Gasteiger partial charge is 0.377 e. The SMILES string of the molecule is CC1CCCCC1OCCS(=O)(=O)Cl. The van der Waals surface area contributed by atoms with Gasteiger partial charge in [-0.25, -0.2) is 8.42 Å². The fourth-order valence-corrected chi connectivity index (χ4v) is 2.31. The molecule has 1 aliphatic carbocycles. The highest BCUT2D eigenvalue weighted by Gasteiger charge is 2.22. The first-order valence-electron chi connectivity index (χ1n) is 5.03. The fraction of sp³-hybridized carbons (Fsp3) is 1.00. The molecule has 0 amide bonds. The molecule has 0 aliphatic heterocycles. The van der Waals surface area contributed by atoms with E-state index in [1.165, 1.54) is 19.3 Å². The molecule has 0 bridgehead atoms. The second-order valence-corrected chi connectivity index (χ2v) is 6.81. The van der Waals surface area contributed by atoms with Crippen LogP contribution in [0.5, 0.6) is 0 Å². The highest BCUT2D eigenvalue weighted by Crippen LogP contribution is 2.26. The van der Waals surface area contributed by atoms with Gasteiger partial charge in [0.25, 0.3) is 0 Å². The maximum atomic E-state index is 10.6. The van der Waals surface area contributed by atoms with Gasteiger partial charge in [-0.05, 0) is 18.8 Å². The van der Waals surface area contributed by atoms with Crippen LogP contribution in [0.1, 0.15) is 32.6 Å². The molecule has 0 aromatic heterocycles. The first-order valence-corrected chi connectivity index (χ1v) is 7.51. The summed E-state index contributed by atoms with van der Waals surface area (Å²) in [6, 6.07) is 0. The molecule has 0 N–H and O–H groups in total. The zero-order valence-electron chi connectivity index (χ0n) is 8.41. The molecule has 84 valence electrons. The number of halogens is 1. The Bertz CT molecular complexity index is 263. The average molecular weight is 241 g/mol. The van der Waals surface area contributed by atoms with Crippen molar-refractivity contribution in [1.29, 1.82) is 0 Å². The first kappa shape index (κ1) is 12.3. The number of ether oxygens (including phenoxy) is 1. The van der Waals surface area contributed by atoms with Crippen LogP contribution in [0.25, 0.3) is 0 Å². The van der Waals surface area contributed by atoms with E-state index in [-0.39, 0.29) is 18.5 Å². The second kappa shape index (κ2) is 5.33. The smallest absolute Gasteiger partial charge is 0.234 e. The van der Waals surface area contributed by atoms with Crippen LogP contribution >= 0.6 is 10.7 Å². The molecule has 0 spiro atoms. The Balaban J connectivity index is 2.23. The lowest BCUT2D eigenvalue weighted by Crippen LogP contribution is -2.27. The molecule has 1 fully saturated rings. The summed E-state index contributed by atoms with van der Waals surface area (Å²) in [7, 11) is 1.68. The minimum atomic E-state index is -3.40. The topological polar surface area (TPSA) is 43.4 Å². The lowest BCUT2D eigenvalue weighted by Gasteiger charge is -2.28. The van der Waals surface area contributed by atoms with Crippen molar-refractivity contribution in [3.63, 3.8) is 0 Å². The van der Waals surface area contributed by atoms with Crippen LogP contribution in [0.3, 0.4) is 0 Å². The summed E-state index contributed by atoms with van der Waals surface area (Å²) in [5.41, 5.74) is 0. The molecule has 0 radical (unpaired) electrons. The Morgan fingerprint density at radius 2 is 2.00 bits per heavy atom. The van der Waals surface area contributed by atoms with Crippen molar-refractivity contribution in [2.75, 3.05) is 12.4 Å². The lowest BCUT2D eigenvalue weighted by molar-refractivity contribution is 0.00312. The van der Waals surface area contributed by atoms with Gasteiger partial charge in [-0.15, -0.1) is 0 Å². The normalized spacial score (nSPS) is 29.0. The molecule has 0 aromatic carbocycles. The Labute approximate surface area is 90.2 Å². The second-order valence-electron chi connectivity index (χ2n) is 3.91. The van der Waals surface area contributed by atoms with E-state index < -0.39 is 9.05 Å². The monoisotopic (exact) mass is 240 g/mol. The van der Waals surface area contributed by atoms with E-state index in [9.17, 15) is 8.42 Å². The minimum absolute atomic E-state index is 0.0855. The van der Waals surface area contributed by atoms with Crippen LogP contribution in [0, 0.1) is 5.92 Å². The summed E-state index contributed by atoms with van der Waals surface area (Å²) in [5, 5.41) is 0. The Kier molecular flexibility index (Phi) is 4.67. The summed E-state index contributed by atoms with van der Waals surface area (Å²) >= 11 is 0. The van der Waals surface area contributed by atoms with E-state index in [0.29, 0.717) is 5.92 Å². The van der Waals surface area contributed by atoms with E-state index in [4.69, 9.17) is 15.4 Å². The Morgan fingerprint density at radius 3 is 2.57 bits per heavy atom. The number of hydrogen-bond acceptors (Lipinski definition) is 3. The number of hydrogen-bond donors (Lipinski definition) is 0. The van der Waals surface area contributed by atoms with Gasteiger partial charge < -0.3 is 4.74 Å². The van der Waals surface area contributed by atoms with Crippen LogP contribution in [0.4, 0.5) is 0 Å². The van der Waals surface area contributed by atoms with Gasteiger partial charge in [0.1, 0.15) is 0 Å². The molecule has 1 rings (SSSR count). The minimum Gasteiger partial charge on any atom is -0.377 e. The van der Waals surface area contributed by atoms with Crippen LogP contribution in [0.2, 0.25) is 0 Å². The Hall–Kier alpha value is 0.200. The summed E-state index contributed by atoms with van der Waals surface area (Å²) < 4.78 is 26.8. The highest BCUT2D eigenvalue weighted by molar-refractivity contribution is 8.13. The van der Waals surface area contributed by atoms with Crippen LogP contribution < -0.4 is 0 Å². The predicted molar refractivity (Wildman–Crippen MR) is 57.0 cm³/mol. The van der Waals surface area contributed by atoms with Crippen LogP contribution in [0.15, 0.2) is 0 Å². The van der Waals surface area contributed by atoms with Crippen molar-refractivity contribution in [3.05, 3.63) is 0 Å². The van der Waals surface area contributed by atoms with Gasteiger partial charge in [0.2, 0.25) is 9.05 Å². The third-order valence-corrected chi connectivity index (χ3v) is 3.81. The quantitative estimate of drug-likeness (QED) is 0.708. The summed E-state index contributed by atoms with van der Waals surface area (Å²) in [4.78, 5) is 0. The van der Waals surface area contributed by atoms with Crippen molar-refractivity contribution in [2.45, 2.75) is 38.7 Å². The molecule has 14 heavy (non-hydrogen) atoms. The van der Waals surface area contributed by atoms with E-state index in [1.54, 1.807) is 0 Å². The van der Waals surface area contributed by atoms with Gasteiger partial charge >= 0.3 is 0 Å². The molecule has 5 heteroatoms. The van der Waals surface area contributed by atoms with Gasteiger partial charge in [-0.2, -0.15) is 0 Å². The molecule has 2 atom stereocenters. The zero-order valence-corrected chi connectivity index (χ0v) is 9.98. The highest BCUT2D eigenvalue weighted by atomic mass is 35.7. The maximum Gasteiger partial charge on any atom is 0.234 e. The number of rotatable bonds is 4. The summed E-state index contributed by atoms with van der Waals surface area (Å²) in [6.07, 6.45) is 4.89. The van der Waals surface area contributed by atoms with Gasteiger partial charge in [-0.3, -0.25) is 0 Å². The van der Waals surface area contributed by atoms with Crippen molar-refractivity contribution in [3.8, 4) is 0 Å². The Morgan fingerprint density at radius 1 is 1.36 bits per heavy atom. The molecule has 0 aromatic rings. The van der Waals surface area contributed by atoms with Crippen molar-refractivity contribution in [1.82, 2.24) is 0 Å². The lowest BCUT2D eigenvalue weighted by atomic mass is 9.88. The molecule has 0 saturated heterocycles. The van der Waals surface area contributed by atoms with Crippen LogP contribution in [-0.2, 0) is 13.8 Å². The molecule has 1 aliphatic rings. The average Bonchev–Trinajstić information content (AvgIpc) is 2.06. The van der Waals surface area contributed by atoms with Crippen molar-refractivity contribution < 1.29 is 13.2 Å². The van der Waals surface area contributed by atoms with Crippen molar-refractivity contribution >= 4 is 19.7 Å².